The van der Waals surface area contributed by atoms with Crippen LogP contribution in [-0.4, -0.2) is 66.2 Å². The monoisotopic (exact) mass is 409 g/mol. The first kappa shape index (κ1) is 24.7. The number of esters is 1. The van der Waals surface area contributed by atoms with E-state index in [4.69, 9.17) is 9.47 Å². The van der Waals surface area contributed by atoms with E-state index in [1.54, 1.807) is 39.5 Å². The van der Waals surface area contributed by atoms with E-state index >= 15 is 0 Å². The van der Waals surface area contributed by atoms with Crippen molar-refractivity contribution in [2.75, 3.05) is 33.4 Å². The van der Waals surface area contributed by atoms with Gasteiger partial charge in [0.15, 0.2) is 5.78 Å². The van der Waals surface area contributed by atoms with Gasteiger partial charge in [-0.1, -0.05) is 0 Å². The molecule has 8 heteroatoms. The summed E-state index contributed by atoms with van der Waals surface area (Å²) in [5, 5.41) is 2.90. The average molecular weight is 410 g/mol. The Morgan fingerprint density at radius 2 is 1.79 bits per heavy atom. The molecule has 0 saturated carbocycles. The maximum atomic E-state index is 13.1. The van der Waals surface area contributed by atoms with Crippen LogP contribution in [0.5, 0.6) is 0 Å². The molecule has 0 fully saturated rings. The van der Waals surface area contributed by atoms with Gasteiger partial charge in [0, 0.05) is 44.1 Å². The molecule has 0 unspecified atom stereocenters. The Morgan fingerprint density at radius 1 is 1.17 bits per heavy atom. The molecule has 1 rings (SSSR count). The molecule has 0 saturated heterocycles. The molecule has 0 bridgehead atoms. The predicted molar refractivity (Wildman–Crippen MR) is 112 cm³/mol. The van der Waals surface area contributed by atoms with Crippen LogP contribution in [0.15, 0.2) is 0 Å². The van der Waals surface area contributed by atoms with Crippen molar-refractivity contribution in [2.45, 2.75) is 53.5 Å². The largest absolute Gasteiger partial charge is 0.461 e. The van der Waals surface area contributed by atoms with Crippen LogP contribution in [0, 0.1) is 13.8 Å². The summed E-state index contributed by atoms with van der Waals surface area (Å²) >= 11 is 0. The maximum Gasteiger partial charge on any atom is 0.355 e. The van der Waals surface area contributed by atoms with Gasteiger partial charge < -0.3 is 24.3 Å². The lowest BCUT2D eigenvalue weighted by Gasteiger charge is -2.28. The first-order chi connectivity index (χ1) is 13.4. The van der Waals surface area contributed by atoms with E-state index in [0.29, 0.717) is 42.1 Å². The van der Waals surface area contributed by atoms with Crippen LogP contribution < -0.4 is 5.32 Å². The Bertz CT molecular complexity index is 746. The number of carbonyl (C=O) groups is 3. The number of nitrogens with zero attached hydrogens (tertiary/aromatic N) is 2. The number of carbonyl (C=O) groups excluding carboxylic acids is 3. The number of Topliss-reactive ketones (excluding diaryl/α,β-unsaturated/α-hetero) is 1. The molecule has 0 radical (unpaired) electrons. The van der Waals surface area contributed by atoms with E-state index in [-0.39, 0.29) is 25.0 Å². The van der Waals surface area contributed by atoms with Gasteiger partial charge in [-0.15, -0.1) is 0 Å². The Balaban J connectivity index is 3.14. The summed E-state index contributed by atoms with van der Waals surface area (Å²) in [6.07, 6.45) is 0.613. The number of hydrogen-bond donors (Lipinski definition) is 1. The van der Waals surface area contributed by atoms with Gasteiger partial charge in [-0.05, 0) is 53.5 Å². The number of amides is 2. The zero-order valence-corrected chi connectivity index (χ0v) is 19.0. The number of rotatable bonds is 9. The number of ether oxygens (including phenoxy) is 2. The van der Waals surface area contributed by atoms with Gasteiger partial charge in [0.25, 0.3) is 0 Å². The van der Waals surface area contributed by atoms with Gasteiger partial charge in [-0.25, -0.2) is 9.59 Å². The fourth-order valence-corrected chi connectivity index (χ4v) is 3.18. The molecular weight excluding hydrogens is 374 g/mol. The van der Waals surface area contributed by atoms with Crippen LogP contribution in [0.2, 0.25) is 0 Å². The first-order valence-corrected chi connectivity index (χ1v) is 9.86. The fourth-order valence-electron chi connectivity index (χ4n) is 3.18. The highest BCUT2D eigenvalue weighted by Crippen LogP contribution is 2.23. The van der Waals surface area contributed by atoms with E-state index in [1.165, 1.54) is 4.90 Å². The summed E-state index contributed by atoms with van der Waals surface area (Å²) in [4.78, 5) is 39.6. The standard InChI is InChI=1S/C21H35N3O5/c1-9-29-19(26)18-14(2)17(15(3)23(18)7)16(25)13-24(11-10-12-28-8)20(27)22-21(4,5)6/h9-13H2,1-8H3,(H,22,27). The molecule has 164 valence electrons. The number of aromatic nitrogens is 1. The number of methoxy groups -OCH3 is 1. The molecule has 1 N–H and O–H groups in total. The number of ketones is 1. The molecule has 2 amide bonds. The van der Waals surface area contributed by atoms with Crippen LogP contribution in [-0.2, 0) is 16.5 Å². The van der Waals surface area contributed by atoms with Crippen molar-refractivity contribution in [3.63, 3.8) is 0 Å². The molecule has 0 aromatic carbocycles. The summed E-state index contributed by atoms with van der Waals surface area (Å²) < 4.78 is 11.9. The van der Waals surface area contributed by atoms with Gasteiger partial charge in [-0.3, -0.25) is 4.79 Å². The highest BCUT2D eigenvalue weighted by molar-refractivity contribution is 6.04. The van der Waals surface area contributed by atoms with E-state index in [1.807, 2.05) is 20.8 Å². The zero-order chi connectivity index (χ0) is 22.4. The molecule has 29 heavy (non-hydrogen) atoms. The van der Waals surface area contributed by atoms with Crippen molar-refractivity contribution in [2.24, 2.45) is 7.05 Å². The van der Waals surface area contributed by atoms with Gasteiger partial charge >= 0.3 is 12.0 Å². The van der Waals surface area contributed by atoms with Crippen LogP contribution in [0.1, 0.15) is 66.2 Å². The number of nitrogens with one attached hydrogen (secondary N) is 1. The minimum absolute atomic E-state index is 0.0837. The van der Waals surface area contributed by atoms with E-state index in [2.05, 4.69) is 5.32 Å². The number of hydrogen-bond acceptors (Lipinski definition) is 5. The van der Waals surface area contributed by atoms with Gasteiger partial charge in [0.05, 0.1) is 13.2 Å². The molecule has 0 aliphatic heterocycles. The summed E-state index contributed by atoms with van der Waals surface area (Å²) in [6, 6.07) is -0.307. The van der Waals surface area contributed by atoms with Crippen molar-refractivity contribution >= 4 is 17.8 Å². The first-order valence-electron chi connectivity index (χ1n) is 9.86. The molecule has 1 heterocycles. The second-order valence-corrected chi connectivity index (χ2v) is 8.08. The van der Waals surface area contributed by atoms with Crippen LogP contribution in [0.25, 0.3) is 0 Å². The minimum Gasteiger partial charge on any atom is -0.461 e. The van der Waals surface area contributed by atoms with Crippen molar-refractivity contribution in [1.82, 2.24) is 14.8 Å². The van der Waals surface area contributed by atoms with Crippen molar-refractivity contribution < 1.29 is 23.9 Å². The smallest absolute Gasteiger partial charge is 0.355 e. The molecule has 0 atom stereocenters. The van der Waals surface area contributed by atoms with E-state index < -0.39 is 11.5 Å². The summed E-state index contributed by atoms with van der Waals surface area (Å²) in [5.41, 5.74) is 1.63. The third-order valence-electron chi connectivity index (χ3n) is 4.56. The number of urea groups is 1. The van der Waals surface area contributed by atoms with Gasteiger partial charge in [-0.2, -0.15) is 0 Å². The normalized spacial score (nSPS) is 11.3. The summed E-state index contributed by atoms with van der Waals surface area (Å²) in [7, 11) is 3.33. The Kier molecular flexibility index (Phi) is 8.88. The lowest BCUT2D eigenvalue weighted by atomic mass is 10.0. The van der Waals surface area contributed by atoms with Gasteiger partial charge in [0.1, 0.15) is 5.69 Å². The predicted octanol–water partition coefficient (Wildman–Crippen LogP) is 2.85. The molecule has 0 spiro atoms. The second-order valence-electron chi connectivity index (χ2n) is 8.08. The molecule has 1 aromatic heterocycles. The lowest BCUT2D eigenvalue weighted by molar-refractivity contribution is 0.0514. The molecule has 1 aromatic rings. The van der Waals surface area contributed by atoms with Crippen LogP contribution in [0.4, 0.5) is 4.79 Å². The quantitative estimate of drug-likeness (QED) is 0.385. The Labute approximate surface area is 173 Å². The van der Waals surface area contributed by atoms with Crippen molar-refractivity contribution in [3.05, 3.63) is 22.5 Å². The highest BCUT2D eigenvalue weighted by Gasteiger charge is 2.28. The third-order valence-corrected chi connectivity index (χ3v) is 4.56. The van der Waals surface area contributed by atoms with Crippen LogP contribution >= 0.6 is 0 Å². The van der Waals surface area contributed by atoms with Crippen molar-refractivity contribution in [3.8, 4) is 0 Å². The molecular formula is C21H35N3O5. The Hall–Kier alpha value is -2.35. The lowest BCUT2D eigenvalue weighted by Crippen LogP contribution is -2.50. The van der Waals surface area contributed by atoms with Gasteiger partial charge in [0.2, 0.25) is 0 Å². The SMILES string of the molecule is CCOC(=O)c1c(C)c(C(=O)CN(CCCOC)C(=O)NC(C)(C)C)c(C)n1C. The summed E-state index contributed by atoms with van der Waals surface area (Å²) in [6.45, 7) is 12.0. The Morgan fingerprint density at radius 3 is 2.31 bits per heavy atom. The molecule has 0 aliphatic carbocycles. The van der Waals surface area contributed by atoms with E-state index in [9.17, 15) is 14.4 Å². The maximum absolute atomic E-state index is 13.1. The fraction of sp³-hybridized carbons (Fsp3) is 0.667. The van der Waals surface area contributed by atoms with E-state index in [0.717, 1.165) is 0 Å². The van der Waals surface area contributed by atoms with Crippen LogP contribution in [0.3, 0.4) is 0 Å². The second kappa shape index (κ2) is 10.4. The van der Waals surface area contributed by atoms with Crippen molar-refractivity contribution in [1.29, 1.82) is 0 Å². The average Bonchev–Trinajstić information content (AvgIpc) is 2.82. The summed E-state index contributed by atoms with van der Waals surface area (Å²) in [5.74, 6) is -0.676. The molecule has 0 aliphatic rings. The zero-order valence-electron chi connectivity index (χ0n) is 19.0. The minimum atomic E-state index is -0.461. The highest BCUT2D eigenvalue weighted by atomic mass is 16.5. The third kappa shape index (κ3) is 6.59. The molecule has 8 nitrogen and oxygen atoms in total. The topological polar surface area (TPSA) is 89.9 Å².